The zero-order valence-electron chi connectivity index (χ0n) is 11.6. The SMILES string of the molecule is COc1cc(N)cc(Cn2cnc3ccccc3c2=O)c1. The molecule has 1 heterocycles. The molecule has 5 heteroatoms. The molecule has 0 aliphatic heterocycles. The Labute approximate surface area is 121 Å². The summed E-state index contributed by atoms with van der Waals surface area (Å²) in [5.74, 6) is 0.673. The summed E-state index contributed by atoms with van der Waals surface area (Å²) in [5.41, 5.74) is 7.96. The van der Waals surface area contributed by atoms with E-state index in [0.717, 1.165) is 5.56 Å². The smallest absolute Gasteiger partial charge is 0.261 e. The van der Waals surface area contributed by atoms with Crippen LogP contribution in [0.2, 0.25) is 0 Å². The number of rotatable bonds is 3. The first kappa shape index (κ1) is 13.2. The molecule has 2 N–H and O–H groups in total. The second-order valence-corrected chi connectivity index (χ2v) is 4.81. The summed E-state index contributed by atoms with van der Waals surface area (Å²) >= 11 is 0. The first-order valence-corrected chi connectivity index (χ1v) is 6.55. The monoisotopic (exact) mass is 281 g/mol. The van der Waals surface area contributed by atoms with Gasteiger partial charge < -0.3 is 10.5 Å². The Kier molecular flexibility index (Phi) is 3.31. The fourth-order valence-electron chi connectivity index (χ4n) is 2.31. The van der Waals surface area contributed by atoms with Crippen LogP contribution in [-0.4, -0.2) is 16.7 Å². The van der Waals surface area contributed by atoms with Gasteiger partial charge in [-0.3, -0.25) is 9.36 Å². The van der Waals surface area contributed by atoms with Crippen molar-refractivity contribution in [3.63, 3.8) is 0 Å². The lowest BCUT2D eigenvalue weighted by Crippen LogP contribution is -2.21. The Hall–Kier alpha value is -2.82. The molecule has 5 nitrogen and oxygen atoms in total. The molecule has 0 amide bonds. The number of para-hydroxylation sites is 1. The normalized spacial score (nSPS) is 10.7. The van der Waals surface area contributed by atoms with Crippen LogP contribution < -0.4 is 16.0 Å². The zero-order chi connectivity index (χ0) is 14.8. The molecule has 2 aromatic carbocycles. The highest BCUT2D eigenvalue weighted by atomic mass is 16.5. The lowest BCUT2D eigenvalue weighted by atomic mass is 10.2. The molecule has 3 rings (SSSR count). The molecular weight excluding hydrogens is 266 g/mol. The molecule has 3 aromatic rings. The van der Waals surface area contributed by atoms with Crippen molar-refractivity contribution < 1.29 is 4.74 Å². The molecule has 0 atom stereocenters. The summed E-state index contributed by atoms with van der Waals surface area (Å²) in [7, 11) is 1.59. The van der Waals surface area contributed by atoms with E-state index in [2.05, 4.69) is 4.98 Å². The number of hydrogen-bond acceptors (Lipinski definition) is 4. The van der Waals surface area contributed by atoms with Crippen molar-refractivity contribution in [2.24, 2.45) is 0 Å². The van der Waals surface area contributed by atoms with Gasteiger partial charge in [0.2, 0.25) is 0 Å². The summed E-state index contributed by atoms with van der Waals surface area (Å²) in [4.78, 5) is 16.7. The van der Waals surface area contributed by atoms with Crippen molar-refractivity contribution in [3.8, 4) is 5.75 Å². The van der Waals surface area contributed by atoms with Crippen LogP contribution in [0.25, 0.3) is 10.9 Å². The largest absolute Gasteiger partial charge is 0.497 e. The number of methoxy groups -OCH3 is 1. The van der Waals surface area contributed by atoms with Crippen LogP contribution in [0.3, 0.4) is 0 Å². The molecule has 21 heavy (non-hydrogen) atoms. The maximum atomic E-state index is 12.4. The van der Waals surface area contributed by atoms with Crippen LogP contribution in [0, 0.1) is 0 Å². The first-order valence-electron chi connectivity index (χ1n) is 6.55. The molecule has 0 unspecified atom stereocenters. The van der Waals surface area contributed by atoms with Gasteiger partial charge in [0.05, 0.1) is 30.9 Å². The number of aromatic nitrogens is 2. The third kappa shape index (κ3) is 2.58. The topological polar surface area (TPSA) is 70.1 Å². The van der Waals surface area contributed by atoms with E-state index >= 15 is 0 Å². The quantitative estimate of drug-likeness (QED) is 0.746. The number of fused-ring (bicyclic) bond motifs is 1. The predicted octanol–water partition coefficient (Wildman–Crippen LogP) is 2.04. The molecule has 0 radical (unpaired) electrons. The first-order chi connectivity index (χ1) is 10.2. The average Bonchev–Trinajstić information content (AvgIpc) is 2.50. The van der Waals surface area contributed by atoms with Crippen LogP contribution >= 0.6 is 0 Å². The minimum Gasteiger partial charge on any atom is -0.497 e. The number of nitrogens with zero attached hydrogens (tertiary/aromatic N) is 2. The minimum absolute atomic E-state index is 0.0676. The second-order valence-electron chi connectivity index (χ2n) is 4.81. The summed E-state index contributed by atoms with van der Waals surface area (Å²) < 4.78 is 6.76. The maximum Gasteiger partial charge on any atom is 0.261 e. The Morgan fingerprint density at radius 2 is 2.05 bits per heavy atom. The van der Waals surface area contributed by atoms with Gasteiger partial charge in [-0.15, -0.1) is 0 Å². The Morgan fingerprint density at radius 1 is 1.24 bits per heavy atom. The molecule has 1 aromatic heterocycles. The van der Waals surface area contributed by atoms with Gasteiger partial charge >= 0.3 is 0 Å². The van der Waals surface area contributed by atoms with Crippen molar-refractivity contribution in [3.05, 3.63) is 64.7 Å². The zero-order valence-corrected chi connectivity index (χ0v) is 11.6. The standard InChI is InChI=1S/C16H15N3O2/c1-21-13-7-11(6-12(17)8-13)9-19-10-18-15-5-3-2-4-14(15)16(19)20/h2-8,10H,9,17H2,1H3. The van der Waals surface area contributed by atoms with E-state index < -0.39 is 0 Å². The van der Waals surface area contributed by atoms with E-state index in [9.17, 15) is 4.79 Å². The second kappa shape index (κ2) is 5.28. The molecule has 0 saturated heterocycles. The van der Waals surface area contributed by atoms with Gasteiger partial charge in [0.25, 0.3) is 5.56 Å². The highest BCUT2D eigenvalue weighted by Gasteiger charge is 2.05. The molecule has 0 aliphatic rings. The van der Waals surface area contributed by atoms with E-state index in [-0.39, 0.29) is 5.56 Å². The lowest BCUT2D eigenvalue weighted by Gasteiger charge is -2.09. The van der Waals surface area contributed by atoms with E-state index in [1.807, 2.05) is 30.3 Å². The summed E-state index contributed by atoms with van der Waals surface area (Å²) in [6.45, 7) is 0.401. The van der Waals surface area contributed by atoms with Crippen LogP contribution in [0.4, 0.5) is 5.69 Å². The van der Waals surface area contributed by atoms with Crippen molar-refractivity contribution >= 4 is 16.6 Å². The van der Waals surface area contributed by atoms with E-state index in [1.165, 1.54) is 0 Å². The van der Waals surface area contributed by atoms with Crippen LogP contribution in [0.5, 0.6) is 5.75 Å². The lowest BCUT2D eigenvalue weighted by molar-refractivity contribution is 0.414. The van der Waals surface area contributed by atoms with Gasteiger partial charge in [-0.2, -0.15) is 0 Å². The maximum absolute atomic E-state index is 12.4. The fourth-order valence-corrected chi connectivity index (χ4v) is 2.31. The minimum atomic E-state index is -0.0676. The van der Waals surface area contributed by atoms with Crippen LogP contribution in [0.1, 0.15) is 5.56 Å². The van der Waals surface area contributed by atoms with Gasteiger partial charge in [0, 0.05) is 11.8 Å². The number of nitrogens with two attached hydrogens (primary N) is 1. The van der Waals surface area contributed by atoms with Crippen molar-refractivity contribution in [1.82, 2.24) is 9.55 Å². The average molecular weight is 281 g/mol. The number of nitrogen functional groups attached to an aromatic ring is 1. The van der Waals surface area contributed by atoms with E-state index in [0.29, 0.717) is 28.9 Å². The van der Waals surface area contributed by atoms with Crippen LogP contribution in [0.15, 0.2) is 53.6 Å². The number of benzene rings is 2. The molecule has 0 aliphatic carbocycles. The van der Waals surface area contributed by atoms with Crippen LogP contribution in [-0.2, 0) is 6.54 Å². The molecule has 0 saturated carbocycles. The molecule has 0 spiro atoms. The third-order valence-electron chi connectivity index (χ3n) is 3.31. The van der Waals surface area contributed by atoms with Gasteiger partial charge in [-0.05, 0) is 29.8 Å². The van der Waals surface area contributed by atoms with Crippen molar-refractivity contribution in [1.29, 1.82) is 0 Å². The van der Waals surface area contributed by atoms with E-state index in [1.54, 1.807) is 30.1 Å². The third-order valence-corrected chi connectivity index (χ3v) is 3.31. The van der Waals surface area contributed by atoms with Gasteiger partial charge in [-0.25, -0.2) is 4.98 Å². The molecule has 106 valence electrons. The van der Waals surface area contributed by atoms with Crippen molar-refractivity contribution in [2.75, 3.05) is 12.8 Å². The van der Waals surface area contributed by atoms with Gasteiger partial charge in [0.15, 0.2) is 0 Å². The summed E-state index contributed by atoms with van der Waals surface area (Å²) in [6.07, 6.45) is 1.56. The van der Waals surface area contributed by atoms with Gasteiger partial charge in [0.1, 0.15) is 5.75 Å². The number of ether oxygens (including phenoxy) is 1. The number of anilines is 1. The Balaban J connectivity index is 2.04. The fraction of sp³-hybridized carbons (Fsp3) is 0.125. The highest BCUT2D eigenvalue weighted by Crippen LogP contribution is 2.19. The molecule has 0 fully saturated rings. The summed E-state index contributed by atoms with van der Waals surface area (Å²) in [6, 6.07) is 12.7. The Bertz CT molecular complexity index is 856. The van der Waals surface area contributed by atoms with E-state index in [4.69, 9.17) is 10.5 Å². The predicted molar refractivity (Wildman–Crippen MR) is 82.5 cm³/mol. The Morgan fingerprint density at radius 3 is 2.86 bits per heavy atom. The summed E-state index contributed by atoms with van der Waals surface area (Å²) in [5, 5.41) is 0.607. The molecule has 0 bridgehead atoms. The van der Waals surface area contributed by atoms with Crippen molar-refractivity contribution in [2.45, 2.75) is 6.54 Å². The van der Waals surface area contributed by atoms with Gasteiger partial charge in [-0.1, -0.05) is 12.1 Å². The highest BCUT2D eigenvalue weighted by molar-refractivity contribution is 5.76. The number of hydrogen-bond donors (Lipinski definition) is 1. The molecular formula is C16H15N3O2.